The van der Waals surface area contributed by atoms with Gasteiger partial charge in [0.15, 0.2) is 0 Å². The van der Waals surface area contributed by atoms with E-state index in [2.05, 4.69) is 53.7 Å². The van der Waals surface area contributed by atoms with E-state index in [-0.39, 0.29) is 0 Å². The van der Waals surface area contributed by atoms with Crippen LogP contribution in [0.1, 0.15) is 44.1 Å². The smallest absolute Gasteiger partial charge is 0.0881 e. The van der Waals surface area contributed by atoms with Crippen LogP contribution in [0.25, 0.3) is 0 Å². The van der Waals surface area contributed by atoms with Gasteiger partial charge in [0.1, 0.15) is 0 Å². The molecule has 0 aromatic heterocycles. The molecule has 1 aliphatic heterocycles. The molecule has 21 heavy (non-hydrogen) atoms. The molecular weight excluding hydrogens is 254 g/mol. The standard InChI is InChI=1S/C20H25N/c1-2-3-6-15-19-20(18-13-9-5-10-14-18)21(19)16-17-11-7-4-8-12-17/h2,4,7-8,11-12,18-20H,1,3,5,9-10,13-14,16H2/t19-,20-,21?/m1/s1. The van der Waals surface area contributed by atoms with Crippen molar-refractivity contribution in [2.45, 2.75) is 57.2 Å². The molecule has 1 heterocycles. The number of nitrogens with zero attached hydrogens (tertiary/aromatic N) is 1. The van der Waals surface area contributed by atoms with E-state index in [1.807, 2.05) is 6.08 Å². The van der Waals surface area contributed by atoms with E-state index < -0.39 is 0 Å². The highest BCUT2D eigenvalue weighted by atomic mass is 15.3. The fourth-order valence-corrected chi connectivity index (χ4v) is 3.70. The summed E-state index contributed by atoms with van der Waals surface area (Å²) in [6.45, 7) is 4.81. The topological polar surface area (TPSA) is 3.01 Å². The SMILES string of the molecule is C=CCC#C[C@@H]1[C@@H](C2CCCCC2)N1Cc1ccccc1. The first-order valence-electron chi connectivity index (χ1n) is 8.29. The molecule has 2 aliphatic rings. The zero-order valence-electron chi connectivity index (χ0n) is 12.8. The highest BCUT2D eigenvalue weighted by molar-refractivity contribution is 5.26. The zero-order chi connectivity index (χ0) is 14.5. The van der Waals surface area contributed by atoms with Gasteiger partial charge in [0, 0.05) is 19.0 Å². The van der Waals surface area contributed by atoms with E-state index in [1.54, 1.807) is 0 Å². The molecule has 1 aromatic carbocycles. The summed E-state index contributed by atoms with van der Waals surface area (Å²) < 4.78 is 0. The van der Waals surface area contributed by atoms with Crippen LogP contribution >= 0.6 is 0 Å². The molecule has 0 radical (unpaired) electrons. The van der Waals surface area contributed by atoms with E-state index in [4.69, 9.17) is 0 Å². The molecule has 2 fully saturated rings. The van der Waals surface area contributed by atoms with Gasteiger partial charge < -0.3 is 0 Å². The van der Waals surface area contributed by atoms with Crippen LogP contribution in [0.15, 0.2) is 43.0 Å². The molecule has 0 bridgehead atoms. The predicted molar refractivity (Wildman–Crippen MR) is 88.7 cm³/mol. The van der Waals surface area contributed by atoms with Crippen LogP contribution in [-0.4, -0.2) is 17.0 Å². The molecule has 1 nitrogen and oxygen atoms in total. The van der Waals surface area contributed by atoms with Gasteiger partial charge in [0.25, 0.3) is 0 Å². The predicted octanol–water partition coefficient (Wildman–Crippen LogP) is 4.40. The minimum atomic E-state index is 0.480. The van der Waals surface area contributed by atoms with E-state index in [9.17, 15) is 0 Å². The van der Waals surface area contributed by atoms with Crippen molar-refractivity contribution < 1.29 is 0 Å². The van der Waals surface area contributed by atoms with Gasteiger partial charge in [-0.05, 0) is 24.3 Å². The Labute approximate surface area is 129 Å². The Morgan fingerprint density at radius 1 is 1.14 bits per heavy atom. The molecule has 1 saturated carbocycles. The molecule has 0 amide bonds. The van der Waals surface area contributed by atoms with E-state index in [1.165, 1.54) is 37.7 Å². The molecule has 1 heteroatoms. The lowest BCUT2D eigenvalue weighted by Gasteiger charge is -2.21. The van der Waals surface area contributed by atoms with Crippen molar-refractivity contribution >= 4 is 0 Å². The summed E-state index contributed by atoms with van der Waals surface area (Å²) in [5.41, 5.74) is 1.41. The van der Waals surface area contributed by atoms with Crippen LogP contribution in [-0.2, 0) is 6.54 Å². The van der Waals surface area contributed by atoms with E-state index >= 15 is 0 Å². The molecule has 0 N–H and O–H groups in total. The van der Waals surface area contributed by atoms with Crippen LogP contribution < -0.4 is 0 Å². The quantitative estimate of drug-likeness (QED) is 0.448. The normalized spacial score (nSPS) is 28.5. The maximum Gasteiger partial charge on any atom is 0.0881 e. The monoisotopic (exact) mass is 279 g/mol. The first-order chi connectivity index (χ1) is 10.4. The van der Waals surface area contributed by atoms with Gasteiger partial charge in [-0.1, -0.05) is 67.5 Å². The second kappa shape index (κ2) is 6.96. The zero-order valence-corrected chi connectivity index (χ0v) is 12.8. The Kier molecular flexibility index (Phi) is 4.78. The molecule has 0 spiro atoms. The Hall–Kier alpha value is -1.52. The van der Waals surface area contributed by atoms with Gasteiger partial charge in [-0.2, -0.15) is 0 Å². The van der Waals surface area contributed by atoms with Crippen molar-refractivity contribution in [2.24, 2.45) is 5.92 Å². The third-order valence-corrected chi connectivity index (χ3v) is 4.81. The number of benzene rings is 1. The summed E-state index contributed by atoms with van der Waals surface area (Å²) >= 11 is 0. The largest absolute Gasteiger partial charge is 0.278 e. The summed E-state index contributed by atoms with van der Waals surface area (Å²) in [7, 11) is 0. The van der Waals surface area contributed by atoms with Gasteiger partial charge in [-0.3, -0.25) is 4.90 Å². The fraction of sp³-hybridized carbons (Fsp3) is 0.500. The molecule has 1 saturated heterocycles. The number of allylic oxidation sites excluding steroid dienone is 1. The summed E-state index contributed by atoms with van der Waals surface area (Å²) in [6, 6.07) is 12.0. The summed E-state index contributed by atoms with van der Waals surface area (Å²) in [5, 5.41) is 0. The molecule has 1 aromatic rings. The van der Waals surface area contributed by atoms with Crippen molar-refractivity contribution in [2.75, 3.05) is 0 Å². The second-order valence-corrected chi connectivity index (χ2v) is 6.31. The van der Waals surface area contributed by atoms with Gasteiger partial charge in [0.05, 0.1) is 6.04 Å². The van der Waals surface area contributed by atoms with Crippen molar-refractivity contribution in [3.8, 4) is 11.8 Å². The van der Waals surface area contributed by atoms with Gasteiger partial charge >= 0.3 is 0 Å². The Balaban J connectivity index is 1.67. The average Bonchev–Trinajstić information content (AvgIpc) is 3.22. The van der Waals surface area contributed by atoms with E-state index in [0.29, 0.717) is 12.1 Å². The Morgan fingerprint density at radius 2 is 1.90 bits per heavy atom. The lowest BCUT2D eigenvalue weighted by Crippen LogP contribution is -2.17. The first-order valence-corrected chi connectivity index (χ1v) is 8.29. The number of hydrogen-bond donors (Lipinski definition) is 0. The summed E-state index contributed by atoms with van der Waals surface area (Å²) in [6.07, 6.45) is 9.75. The summed E-state index contributed by atoms with van der Waals surface area (Å²) in [4.78, 5) is 2.60. The highest BCUT2D eigenvalue weighted by Gasteiger charge is 2.50. The molecule has 3 rings (SSSR count). The minimum Gasteiger partial charge on any atom is -0.278 e. The van der Waals surface area contributed by atoms with Gasteiger partial charge in [0.2, 0.25) is 0 Å². The van der Waals surface area contributed by atoms with Gasteiger partial charge in [-0.25, -0.2) is 0 Å². The van der Waals surface area contributed by atoms with Gasteiger partial charge in [-0.15, -0.1) is 6.58 Å². The van der Waals surface area contributed by atoms with Crippen LogP contribution in [0.2, 0.25) is 0 Å². The van der Waals surface area contributed by atoms with Crippen molar-refractivity contribution in [1.82, 2.24) is 4.90 Å². The summed E-state index contributed by atoms with van der Waals surface area (Å²) in [5.74, 6) is 7.62. The average molecular weight is 279 g/mol. The first kappa shape index (κ1) is 14.4. The van der Waals surface area contributed by atoms with Crippen molar-refractivity contribution in [3.63, 3.8) is 0 Å². The minimum absolute atomic E-state index is 0.480. The Morgan fingerprint density at radius 3 is 2.62 bits per heavy atom. The molecule has 1 aliphatic carbocycles. The lowest BCUT2D eigenvalue weighted by atomic mass is 9.86. The Bertz CT molecular complexity index is 516. The third kappa shape index (κ3) is 3.57. The molecular formula is C20H25N. The molecule has 110 valence electrons. The maximum atomic E-state index is 3.76. The van der Waals surface area contributed by atoms with Crippen molar-refractivity contribution in [1.29, 1.82) is 0 Å². The van der Waals surface area contributed by atoms with E-state index in [0.717, 1.165) is 18.9 Å². The number of hydrogen-bond acceptors (Lipinski definition) is 1. The number of rotatable bonds is 4. The third-order valence-electron chi connectivity index (χ3n) is 4.81. The fourth-order valence-electron chi connectivity index (χ4n) is 3.70. The molecule has 1 unspecified atom stereocenters. The highest BCUT2D eigenvalue weighted by Crippen LogP contribution is 2.42. The maximum absolute atomic E-state index is 3.76. The van der Waals surface area contributed by atoms with Crippen LogP contribution in [0, 0.1) is 17.8 Å². The van der Waals surface area contributed by atoms with Crippen LogP contribution in [0.3, 0.4) is 0 Å². The van der Waals surface area contributed by atoms with Crippen molar-refractivity contribution in [3.05, 3.63) is 48.6 Å². The second-order valence-electron chi connectivity index (χ2n) is 6.31. The lowest BCUT2D eigenvalue weighted by molar-refractivity contribution is 0.309. The van der Waals surface area contributed by atoms with Crippen LogP contribution in [0.5, 0.6) is 0 Å². The van der Waals surface area contributed by atoms with Crippen LogP contribution in [0.4, 0.5) is 0 Å². The molecule has 3 atom stereocenters.